The van der Waals surface area contributed by atoms with E-state index in [0.29, 0.717) is 19.7 Å². The summed E-state index contributed by atoms with van der Waals surface area (Å²) in [5.74, 6) is 0. The molecular weight excluding hydrogens is 246 g/mol. The zero-order valence-corrected chi connectivity index (χ0v) is 10.8. The van der Waals surface area contributed by atoms with Crippen molar-refractivity contribution in [2.75, 3.05) is 26.3 Å². The molecule has 1 fully saturated rings. The monoisotopic (exact) mass is 265 g/mol. The number of carbonyl (C=O) groups excluding carboxylic acids is 1. The number of hydrogen-bond acceptors (Lipinski definition) is 4. The van der Waals surface area contributed by atoms with Crippen molar-refractivity contribution < 1.29 is 19.4 Å². The topological polar surface area (TPSA) is 59.0 Å². The maximum absolute atomic E-state index is 12.0. The lowest BCUT2D eigenvalue weighted by Gasteiger charge is -2.22. The number of benzene rings is 1. The molecular formula is C14H19NO4. The largest absolute Gasteiger partial charge is 0.445 e. The summed E-state index contributed by atoms with van der Waals surface area (Å²) in [6.07, 6.45) is 0.0938. The molecule has 1 heterocycles. The Kier molecular flexibility index (Phi) is 5.18. The molecule has 19 heavy (non-hydrogen) atoms. The molecule has 1 amide bonds. The molecule has 0 aromatic heterocycles. The quantitative estimate of drug-likeness (QED) is 0.897. The molecule has 0 aliphatic carbocycles. The van der Waals surface area contributed by atoms with E-state index in [0.717, 1.165) is 12.0 Å². The molecule has 1 aliphatic rings. The molecule has 1 aromatic rings. The number of aliphatic hydroxyl groups is 1. The molecule has 0 radical (unpaired) electrons. The molecule has 1 atom stereocenters. The van der Waals surface area contributed by atoms with Crippen molar-refractivity contribution in [3.8, 4) is 0 Å². The highest BCUT2D eigenvalue weighted by molar-refractivity contribution is 5.67. The van der Waals surface area contributed by atoms with E-state index >= 15 is 0 Å². The summed E-state index contributed by atoms with van der Waals surface area (Å²) in [6, 6.07) is 9.56. The van der Waals surface area contributed by atoms with Crippen LogP contribution in [-0.2, 0) is 16.1 Å². The van der Waals surface area contributed by atoms with Gasteiger partial charge in [0.2, 0.25) is 0 Å². The number of carbonyl (C=O) groups is 1. The Morgan fingerprint density at radius 3 is 2.95 bits per heavy atom. The van der Waals surface area contributed by atoms with Crippen molar-refractivity contribution in [1.82, 2.24) is 4.90 Å². The van der Waals surface area contributed by atoms with Gasteiger partial charge >= 0.3 is 6.09 Å². The van der Waals surface area contributed by atoms with Crippen LogP contribution in [-0.4, -0.2) is 48.5 Å². The lowest BCUT2D eigenvalue weighted by Crippen LogP contribution is -2.38. The van der Waals surface area contributed by atoms with Crippen molar-refractivity contribution in [2.24, 2.45) is 0 Å². The summed E-state index contributed by atoms with van der Waals surface area (Å²) in [5.41, 5.74) is 0.959. The van der Waals surface area contributed by atoms with Gasteiger partial charge in [0.15, 0.2) is 0 Å². The van der Waals surface area contributed by atoms with Gasteiger partial charge in [-0.25, -0.2) is 4.79 Å². The van der Waals surface area contributed by atoms with E-state index in [9.17, 15) is 4.79 Å². The molecule has 1 unspecified atom stereocenters. The van der Waals surface area contributed by atoms with Gasteiger partial charge in [-0.3, -0.25) is 0 Å². The summed E-state index contributed by atoms with van der Waals surface area (Å²) in [6.45, 7) is 1.73. The maximum atomic E-state index is 12.0. The van der Waals surface area contributed by atoms with E-state index in [-0.39, 0.29) is 25.4 Å². The van der Waals surface area contributed by atoms with Gasteiger partial charge in [0.1, 0.15) is 6.61 Å². The first-order chi connectivity index (χ1) is 9.29. The number of ether oxygens (including phenoxy) is 2. The van der Waals surface area contributed by atoms with Crippen molar-refractivity contribution in [3.05, 3.63) is 35.9 Å². The standard InChI is InChI=1S/C14H19NO4/c16-10-13-9-15(7-4-8-18-13)14(17)19-11-12-5-2-1-3-6-12/h1-3,5-6,13,16H,4,7-11H2. The molecule has 5 heteroatoms. The van der Waals surface area contributed by atoms with Crippen molar-refractivity contribution in [1.29, 1.82) is 0 Å². The molecule has 0 saturated carbocycles. The Hall–Kier alpha value is -1.59. The third kappa shape index (κ3) is 4.22. The van der Waals surface area contributed by atoms with E-state index < -0.39 is 0 Å². The highest BCUT2D eigenvalue weighted by Crippen LogP contribution is 2.09. The molecule has 1 saturated heterocycles. The summed E-state index contributed by atoms with van der Waals surface area (Å²) >= 11 is 0. The molecule has 1 aromatic carbocycles. The minimum absolute atomic E-state index is 0.0809. The van der Waals surface area contributed by atoms with Crippen LogP contribution in [0.4, 0.5) is 4.79 Å². The summed E-state index contributed by atoms with van der Waals surface area (Å²) in [5, 5.41) is 9.12. The normalized spacial score (nSPS) is 19.8. The van der Waals surface area contributed by atoms with Crippen LogP contribution in [0.3, 0.4) is 0 Å². The van der Waals surface area contributed by atoms with Crippen LogP contribution >= 0.6 is 0 Å². The van der Waals surface area contributed by atoms with Crippen molar-refractivity contribution in [3.63, 3.8) is 0 Å². The Morgan fingerprint density at radius 1 is 1.42 bits per heavy atom. The van der Waals surface area contributed by atoms with E-state index in [1.165, 1.54) is 0 Å². The van der Waals surface area contributed by atoms with E-state index in [1.54, 1.807) is 4.90 Å². The lowest BCUT2D eigenvalue weighted by molar-refractivity contribution is 0.0118. The second-order valence-corrected chi connectivity index (χ2v) is 4.52. The number of amides is 1. The van der Waals surface area contributed by atoms with Crippen LogP contribution in [0.5, 0.6) is 0 Å². The molecule has 1 aliphatic heterocycles. The van der Waals surface area contributed by atoms with Crippen LogP contribution in [0.25, 0.3) is 0 Å². The smallest absolute Gasteiger partial charge is 0.410 e. The summed E-state index contributed by atoms with van der Waals surface area (Å²) in [4.78, 5) is 13.5. The molecule has 0 bridgehead atoms. The van der Waals surface area contributed by atoms with Gasteiger partial charge in [0.05, 0.1) is 19.3 Å². The summed E-state index contributed by atoms with van der Waals surface area (Å²) < 4.78 is 10.7. The van der Waals surface area contributed by atoms with Crippen molar-refractivity contribution >= 4 is 6.09 Å². The third-order valence-electron chi connectivity index (χ3n) is 3.02. The highest BCUT2D eigenvalue weighted by Gasteiger charge is 2.22. The molecule has 0 spiro atoms. The first kappa shape index (κ1) is 13.8. The van der Waals surface area contributed by atoms with Gasteiger partial charge in [0, 0.05) is 13.2 Å². The predicted octanol–water partition coefficient (Wildman–Crippen LogP) is 1.41. The molecule has 2 rings (SSSR count). The Balaban J connectivity index is 1.84. The number of hydrogen-bond donors (Lipinski definition) is 1. The van der Waals surface area contributed by atoms with Gasteiger partial charge in [0.25, 0.3) is 0 Å². The molecule has 104 valence electrons. The van der Waals surface area contributed by atoms with E-state index in [2.05, 4.69) is 0 Å². The molecule has 5 nitrogen and oxygen atoms in total. The minimum Gasteiger partial charge on any atom is -0.445 e. The fourth-order valence-electron chi connectivity index (χ4n) is 1.98. The lowest BCUT2D eigenvalue weighted by atomic mass is 10.2. The number of aliphatic hydroxyl groups excluding tert-OH is 1. The van der Waals surface area contributed by atoms with Crippen LogP contribution in [0.2, 0.25) is 0 Å². The van der Waals surface area contributed by atoms with Gasteiger partial charge in [-0.15, -0.1) is 0 Å². The average Bonchev–Trinajstić information content (AvgIpc) is 2.71. The fraction of sp³-hybridized carbons (Fsp3) is 0.500. The van der Waals surface area contributed by atoms with Crippen LogP contribution in [0.1, 0.15) is 12.0 Å². The van der Waals surface area contributed by atoms with Crippen LogP contribution in [0.15, 0.2) is 30.3 Å². The average molecular weight is 265 g/mol. The maximum Gasteiger partial charge on any atom is 0.410 e. The zero-order valence-electron chi connectivity index (χ0n) is 10.8. The fourth-order valence-corrected chi connectivity index (χ4v) is 1.98. The zero-order chi connectivity index (χ0) is 13.5. The van der Waals surface area contributed by atoms with Gasteiger partial charge in [-0.2, -0.15) is 0 Å². The summed E-state index contributed by atoms with van der Waals surface area (Å²) in [7, 11) is 0. The second kappa shape index (κ2) is 7.11. The highest BCUT2D eigenvalue weighted by atomic mass is 16.6. The SMILES string of the molecule is O=C(OCc1ccccc1)N1CCCOC(CO)C1. The van der Waals surface area contributed by atoms with E-state index in [4.69, 9.17) is 14.6 Å². The minimum atomic E-state index is -0.354. The van der Waals surface area contributed by atoms with Crippen molar-refractivity contribution in [2.45, 2.75) is 19.1 Å². The Labute approximate surface area is 112 Å². The van der Waals surface area contributed by atoms with Crippen LogP contribution < -0.4 is 0 Å². The second-order valence-electron chi connectivity index (χ2n) is 4.52. The Morgan fingerprint density at radius 2 is 2.21 bits per heavy atom. The molecule has 1 N–H and O–H groups in total. The van der Waals surface area contributed by atoms with Gasteiger partial charge in [-0.05, 0) is 12.0 Å². The first-order valence-electron chi connectivity index (χ1n) is 6.47. The van der Waals surface area contributed by atoms with Crippen LogP contribution in [0, 0.1) is 0 Å². The number of nitrogens with zero attached hydrogens (tertiary/aromatic N) is 1. The number of rotatable bonds is 3. The van der Waals surface area contributed by atoms with Gasteiger partial charge < -0.3 is 19.5 Å². The van der Waals surface area contributed by atoms with Gasteiger partial charge in [-0.1, -0.05) is 30.3 Å². The predicted molar refractivity (Wildman–Crippen MR) is 69.6 cm³/mol. The van der Waals surface area contributed by atoms with E-state index in [1.807, 2.05) is 30.3 Å². The Bertz CT molecular complexity index is 396. The first-order valence-corrected chi connectivity index (χ1v) is 6.47. The third-order valence-corrected chi connectivity index (χ3v) is 3.02.